The zero-order chi connectivity index (χ0) is 12.7. The molecule has 0 saturated heterocycles. The first kappa shape index (κ1) is 13.6. The predicted octanol–water partition coefficient (Wildman–Crippen LogP) is 1.84. The number of hydrogen-bond acceptors (Lipinski definition) is 3. The van der Waals surface area contributed by atoms with Crippen LogP contribution in [0, 0.1) is 11.3 Å². The molecular weight excluding hydrogens is 214 g/mol. The summed E-state index contributed by atoms with van der Waals surface area (Å²) in [5.74, 6) is -0.300. The maximum atomic E-state index is 11.6. The lowest BCUT2D eigenvalue weighted by Crippen LogP contribution is -2.33. The third-order valence-electron chi connectivity index (χ3n) is 2.85. The van der Waals surface area contributed by atoms with Gasteiger partial charge in [-0.05, 0) is 26.7 Å². The third kappa shape index (κ3) is 4.90. The number of hydrogen-bond donors (Lipinski definition) is 2. The van der Waals surface area contributed by atoms with Crippen molar-refractivity contribution < 1.29 is 4.79 Å². The van der Waals surface area contributed by atoms with E-state index in [2.05, 4.69) is 10.6 Å². The quantitative estimate of drug-likeness (QED) is 0.577. The van der Waals surface area contributed by atoms with Gasteiger partial charge in [0.1, 0.15) is 11.6 Å². The van der Waals surface area contributed by atoms with Crippen LogP contribution in [-0.4, -0.2) is 18.0 Å². The Balaban J connectivity index is 2.48. The van der Waals surface area contributed by atoms with Crippen molar-refractivity contribution in [2.24, 2.45) is 0 Å². The average Bonchev–Trinajstić information content (AvgIpc) is 2.30. The Morgan fingerprint density at radius 2 is 2.00 bits per heavy atom. The molecule has 17 heavy (non-hydrogen) atoms. The van der Waals surface area contributed by atoms with Crippen molar-refractivity contribution in [1.82, 2.24) is 10.6 Å². The minimum Gasteiger partial charge on any atom is -0.387 e. The van der Waals surface area contributed by atoms with Gasteiger partial charge in [-0.2, -0.15) is 5.26 Å². The van der Waals surface area contributed by atoms with Crippen molar-refractivity contribution in [2.45, 2.75) is 58.0 Å². The van der Waals surface area contributed by atoms with Gasteiger partial charge in [0.15, 0.2) is 0 Å². The van der Waals surface area contributed by atoms with Crippen LogP contribution in [0.5, 0.6) is 0 Å². The number of nitrogens with zero attached hydrogens (tertiary/aromatic N) is 1. The summed E-state index contributed by atoms with van der Waals surface area (Å²) in [5, 5.41) is 14.8. The van der Waals surface area contributed by atoms with Crippen molar-refractivity contribution >= 4 is 5.91 Å². The van der Waals surface area contributed by atoms with Crippen molar-refractivity contribution in [1.29, 1.82) is 5.26 Å². The van der Waals surface area contributed by atoms with Gasteiger partial charge in [0.25, 0.3) is 5.91 Å². The second kappa shape index (κ2) is 6.95. The molecule has 0 aromatic heterocycles. The Labute approximate surface area is 103 Å². The molecule has 4 nitrogen and oxygen atoms in total. The molecule has 0 spiro atoms. The molecule has 0 aromatic carbocycles. The van der Waals surface area contributed by atoms with E-state index in [1.165, 1.54) is 19.3 Å². The largest absolute Gasteiger partial charge is 0.387 e. The Bertz CT molecular complexity index is 322. The Kier molecular flexibility index (Phi) is 5.55. The molecule has 1 rings (SSSR count). The standard InChI is InChI=1S/C13H21N3O/c1-10(2)16-13(17)11(8-14)9-15-12-6-4-3-5-7-12/h9-10,12,15H,3-7H2,1-2H3,(H,16,17)/b11-9-. The van der Waals surface area contributed by atoms with Crippen LogP contribution >= 0.6 is 0 Å². The number of rotatable bonds is 4. The van der Waals surface area contributed by atoms with Gasteiger partial charge in [-0.3, -0.25) is 4.79 Å². The second-order valence-corrected chi connectivity index (χ2v) is 4.80. The average molecular weight is 235 g/mol. The molecule has 0 atom stereocenters. The highest BCUT2D eigenvalue weighted by Crippen LogP contribution is 2.17. The molecule has 0 bridgehead atoms. The smallest absolute Gasteiger partial charge is 0.263 e. The van der Waals surface area contributed by atoms with E-state index in [4.69, 9.17) is 5.26 Å². The van der Waals surface area contributed by atoms with Crippen LogP contribution in [0.4, 0.5) is 0 Å². The first-order chi connectivity index (χ1) is 8.13. The number of carbonyl (C=O) groups is 1. The molecule has 0 heterocycles. The van der Waals surface area contributed by atoms with Gasteiger partial charge in [-0.15, -0.1) is 0 Å². The van der Waals surface area contributed by atoms with Gasteiger partial charge in [0, 0.05) is 18.3 Å². The van der Waals surface area contributed by atoms with Gasteiger partial charge in [0.2, 0.25) is 0 Å². The lowest BCUT2D eigenvalue weighted by Gasteiger charge is -2.21. The van der Waals surface area contributed by atoms with E-state index in [1.54, 1.807) is 6.20 Å². The minimum absolute atomic E-state index is 0.0499. The zero-order valence-electron chi connectivity index (χ0n) is 10.6. The molecule has 1 aliphatic rings. The van der Waals surface area contributed by atoms with E-state index >= 15 is 0 Å². The maximum absolute atomic E-state index is 11.6. The van der Waals surface area contributed by atoms with Crippen LogP contribution < -0.4 is 10.6 Å². The van der Waals surface area contributed by atoms with E-state index in [0.717, 1.165) is 12.8 Å². The molecule has 4 heteroatoms. The van der Waals surface area contributed by atoms with E-state index in [-0.39, 0.29) is 17.5 Å². The van der Waals surface area contributed by atoms with E-state index < -0.39 is 0 Å². The van der Waals surface area contributed by atoms with Crippen LogP contribution in [-0.2, 0) is 4.79 Å². The number of nitrogens with one attached hydrogen (secondary N) is 2. The van der Waals surface area contributed by atoms with E-state index in [1.807, 2.05) is 19.9 Å². The summed E-state index contributed by atoms with van der Waals surface area (Å²) in [6.07, 6.45) is 7.56. The molecule has 1 saturated carbocycles. The summed E-state index contributed by atoms with van der Waals surface area (Å²) in [4.78, 5) is 11.6. The summed E-state index contributed by atoms with van der Waals surface area (Å²) in [6, 6.07) is 2.40. The number of nitriles is 1. The predicted molar refractivity (Wildman–Crippen MR) is 67.0 cm³/mol. The number of carbonyl (C=O) groups excluding carboxylic acids is 1. The molecule has 94 valence electrons. The fraction of sp³-hybridized carbons (Fsp3) is 0.692. The second-order valence-electron chi connectivity index (χ2n) is 4.80. The third-order valence-corrected chi connectivity index (χ3v) is 2.85. The first-order valence-electron chi connectivity index (χ1n) is 6.30. The van der Waals surface area contributed by atoms with Crippen molar-refractivity contribution in [2.75, 3.05) is 0 Å². The lowest BCUT2D eigenvalue weighted by atomic mass is 9.96. The van der Waals surface area contributed by atoms with E-state index in [0.29, 0.717) is 6.04 Å². The van der Waals surface area contributed by atoms with E-state index in [9.17, 15) is 4.79 Å². The fourth-order valence-corrected chi connectivity index (χ4v) is 1.96. The summed E-state index contributed by atoms with van der Waals surface area (Å²) in [7, 11) is 0. The van der Waals surface area contributed by atoms with Crippen molar-refractivity contribution in [3.63, 3.8) is 0 Å². The molecule has 1 fully saturated rings. The normalized spacial score (nSPS) is 17.6. The zero-order valence-corrected chi connectivity index (χ0v) is 10.6. The van der Waals surface area contributed by atoms with Crippen LogP contribution in [0.25, 0.3) is 0 Å². The van der Waals surface area contributed by atoms with Crippen LogP contribution in [0.2, 0.25) is 0 Å². The lowest BCUT2D eigenvalue weighted by molar-refractivity contribution is -0.117. The summed E-state index contributed by atoms with van der Waals surface area (Å²) >= 11 is 0. The van der Waals surface area contributed by atoms with Gasteiger partial charge in [0.05, 0.1) is 0 Å². The van der Waals surface area contributed by atoms with Gasteiger partial charge in [-0.1, -0.05) is 19.3 Å². The molecule has 0 radical (unpaired) electrons. The van der Waals surface area contributed by atoms with Gasteiger partial charge >= 0.3 is 0 Å². The SMILES string of the molecule is CC(C)NC(=O)/C(C#N)=C\NC1CCCCC1. The maximum Gasteiger partial charge on any atom is 0.263 e. The first-order valence-corrected chi connectivity index (χ1v) is 6.30. The van der Waals surface area contributed by atoms with Crippen LogP contribution in [0.15, 0.2) is 11.8 Å². The van der Waals surface area contributed by atoms with Gasteiger partial charge < -0.3 is 10.6 Å². The molecule has 0 unspecified atom stereocenters. The molecule has 2 N–H and O–H groups in total. The topological polar surface area (TPSA) is 64.9 Å². The molecule has 0 aromatic rings. The summed E-state index contributed by atoms with van der Waals surface area (Å²) in [5.41, 5.74) is 0.157. The highest BCUT2D eigenvalue weighted by molar-refractivity contribution is 5.97. The monoisotopic (exact) mass is 235 g/mol. The fourth-order valence-electron chi connectivity index (χ4n) is 1.96. The minimum atomic E-state index is -0.300. The van der Waals surface area contributed by atoms with Gasteiger partial charge in [-0.25, -0.2) is 0 Å². The highest BCUT2D eigenvalue weighted by atomic mass is 16.1. The number of amides is 1. The molecule has 1 aliphatic carbocycles. The summed E-state index contributed by atoms with van der Waals surface area (Å²) in [6.45, 7) is 3.75. The summed E-state index contributed by atoms with van der Waals surface area (Å²) < 4.78 is 0. The Morgan fingerprint density at radius 3 is 2.53 bits per heavy atom. The van der Waals surface area contributed by atoms with Crippen LogP contribution in [0.1, 0.15) is 46.0 Å². The molecule has 1 amide bonds. The van der Waals surface area contributed by atoms with Crippen LogP contribution in [0.3, 0.4) is 0 Å². The molecular formula is C13H21N3O. The highest BCUT2D eigenvalue weighted by Gasteiger charge is 2.13. The Hall–Kier alpha value is -1.50. The van der Waals surface area contributed by atoms with Crippen molar-refractivity contribution in [3.8, 4) is 6.07 Å². The molecule has 0 aliphatic heterocycles. The Morgan fingerprint density at radius 1 is 1.35 bits per heavy atom. The van der Waals surface area contributed by atoms with Crippen molar-refractivity contribution in [3.05, 3.63) is 11.8 Å².